The molecule has 0 fully saturated rings. The molecular formula is C21H18O3. The number of benzene rings is 3. The van der Waals surface area contributed by atoms with Crippen molar-refractivity contribution in [2.24, 2.45) is 0 Å². The molecule has 0 aliphatic rings. The maximum absolute atomic E-state index is 13.1. The van der Waals surface area contributed by atoms with E-state index in [2.05, 4.69) is 0 Å². The third kappa shape index (κ3) is 2.94. The molecule has 0 saturated carbocycles. The van der Waals surface area contributed by atoms with Crippen LogP contribution in [0.1, 0.15) is 11.1 Å². The van der Waals surface area contributed by atoms with E-state index >= 15 is 0 Å². The predicted molar refractivity (Wildman–Crippen MR) is 92.8 cm³/mol. The van der Waals surface area contributed by atoms with E-state index in [0.29, 0.717) is 5.75 Å². The molecule has 3 aromatic rings. The number of hydrogen-bond donors (Lipinski definition) is 0. The van der Waals surface area contributed by atoms with E-state index in [1.807, 2.05) is 78.9 Å². The average molecular weight is 318 g/mol. The molecule has 0 amide bonds. The molecular weight excluding hydrogens is 300 g/mol. The second kappa shape index (κ2) is 7.11. The van der Waals surface area contributed by atoms with Gasteiger partial charge in [0.2, 0.25) is 5.60 Å². The first-order valence-corrected chi connectivity index (χ1v) is 7.71. The molecule has 3 heteroatoms. The highest BCUT2D eigenvalue weighted by Gasteiger charge is 2.44. The maximum Gasteiger partial charge on any atom is 0.353 e. The van der Waals surface area contributed by atoms with Gasteiger partial charge >= 0.3 is 5.97 Å². The predicted octanol–water partition coefficient (Wildman–Crippen LogP) is 4.18. The van der Waals surface area contributed by atoms with Gasteiger partial charge in [-0.25, -0.2) is 4.79 Å². The average Bonchev–Trinajstić information content (AvgIpc) is 2.65. The lowest BCUT2D eigenvalue weighted by molar-refractivity contribution is -0.155. The van der Waals surface area contributed by atoms with Gasteiger partial charge in [0.25, 0.3) is 0 Å². The normalized spacial score (nSPS) is 11.0. The molecule has 0 atom stereocenters. The number of ether oxygens (including phenoxy) is 2. The smallest absolute Gasteiger partial charge is 0.353 e. The van der Waals surface area contributed by atoms with Gasteiger partial charge in [0.05, 0.1) is 0 Å². The number of carbonyl (C=O) groups is 1. The lowest BCUT2D eigenvalue weighted by Gasteiger charge is -2.31. The standard InChI is InChI=1S/C21H18O3/c1-23-21(17-11-5-2-6-12-17,18-13-7-3-8-14-18)20(22)24-19-15-9-4-10-16-19/h2-16H,1H3. The van der Waals surface area contributed by atoms with Crippen molar-refractivity contribution in [3.8, 4) is 5.75 Å². The van der Waals surface area contributed by atoms with Crippen molar-refractivity contribution in [2.45, 2.75) is 5.60 Å². The lowest BCUT2D eigenvalue weighted by atomic mass is 9.86. The SMILES string of the molecule is COC(C(=O)Oc1ccccc1)(c1ccccc1)c1ccccc1. The number of esters is 1. The minimum atomic E-state index is -1.32. The van der Waals surface area contributed by atoms with E-state index < -0.39 is 11.6 Å². The largest absolute Gasteiger partial charge is 0.424 e. The summed E-state index contributed by atoms with van der Waals surface area (Å²) in [6.07, 6.45) is 0. The molecule has 24 heavy (non-hydrogen) atoms. The Balaban J connectivity index is 2.09. The molecule has 0 saturated heterocycles. The second-order valence-corrected chi connectivity index (χ2v) is 5.32. The van der Waals surface area contributed by atoms with Gasteiger partial charge in [0, 0.05) is 7.11 Å². The van der Waals surface area contributed by atoms with Gasteiger partial charge in [-0.15, -0.1) is 0 Å². The summed E-state index contributed by atoms with van der Waals surface area (Å²) in [5.74, 6) is 0.00406. The monoisotopic (exact) mass is 318 g/mol. The molecule has 120 valence electrons. The fourth-order valence-electron chi connectivity index (χ4n) is 2.73. The molecule has 3 rings (SSSR count). The minimum Gasteiger partial charge on any atom is -0.424 e. The second-order valence-electron chi connectivity index (χ2n) is 5.32. The third-order valence-corrected chi connectivity index (χ3v) is 3.91. The minimum absolute atomic E-state index is 0.478. The molecule has 0 unspecified atom stereocenters. The number of rotatable bonds is 5. The van der Waals surface area contributed by atoms with Crippen LogP contribution in [0, 0.1) is 0 Å². The molecule has 0 aliphatic heterocycles. The van der Waals surface area contributed by atoms with Crippen LogP contribution in [-0.2, 0) is 15.1 Å². The third-order valence-electron chi connectivity index (χ3n) is 3.91. The fraction of sp³-hybridized carbons (Fsp3) is 0.0952. The maximum atomic E-state index is 13.1. The topological polar surface area (TPSA) is 35.5 Å². The van der Waals surface area contributed by atoms with Gasteiger partial charge in [-0.1, -0.05) is 78.9 Å². The Hall–Kier alpha value is -2.91. The van der Waals surface area contributed by atoms with E-state index in [1.165, 1.54) is 7.11 Å². The Morgan fingerprint density at radius 3 is 1.54 bits per heavy atom. The molecule has 0 spiro atoms. The van der Waals surface area contributed by atoms with E-state index in [0.717, 1.165) is 11.1 Å². The zero-order valence-corrected chi connectivity index (χ0v) is 13.4. The van der Waals surface area contributed by atoms with Gasteiger partial charge < -0.3 is 9.47 Å². The summed E-state index contributed by atoms with van der Waals surface area (Å²) in [7, 11) is 1.52. The van der Waals surface area contributed by atoms with Gasteiger partial charge in [-0.3, -0.25) is 0 Å². The molecule has 3 nitrogen and oxygen atoms in total. The van der Waals surface area contributed by atoms with Crippen LogP contribution in [0.3, 0.4) is 0 Å². The van der Waals surface area contributed by atoms with Crippen LogP contribution >= 0.6 is 0 Å². The summed E-state index contributed by atoms with van der Waals surface area (Å²) in [4.78, 5) is 13.1. The van der Waals surface area contributed by atoms with Crippen LogP contribution in [0.2, 0.25) is 0 Å². The van der Waals surface area contributed by atoms with Crippen molar-refractivity contribution in [1.82, 2.24) is 0 Å². The Morgan fingerprint density at radius 2 is 1.12 bits per heavy atom. The molecule has 0 N–H and O–H groups in total. The van der Waals surface area contributed by atoms with Crippen molar-refractivity contribution >= 4 is 5.97 Å². The lowest BCUT2D eigenvalue weighted by Crippen LogP contribution is -2.42. The molecule has 0 bridgehead atoms. The molecule has 0 aliphatic carbocycles. The van der Waals surface area contributed by atoms with Gasteiger partial charge in [-0.2, -0.15) is 0 Å². The van der Waals surface area contributed by atoms with E-state index in [-0.39, 0.29) is 0 Å². The van der Waals surface area contributed by atoms with Crippen LogP contribution in [0.25, 0.3) is 0 Å². The number of hydrogen-bond acceptors (Lipinski definition) is 3. The Bertz CT molecular complexity index is 744. The highest BCUT2D eigenvalue weighted by atomic mass is 16.6. The van der Waals surface area contributed by atoms with Gasteiger partial charge in [0.15, 0.2) is 0 Å². The number of para-hydroxylation sites is 1. The van der Waals surface area contributed by atoms with Crippen molar-refractivity contribution in [2.75, 3.05) is 7.11 Å². The first kappa shape index (κ1) is 16.0. The summed E-state index contributed by atoms with van der Waals surface area (Å²) in [5.41, 5.74) is 0.123. The van der Waals surface area contributed by atoms with Crippen LogP contribution in [-0.4, -0.2) is 13.1 Å². The van der Waals surface area contributed by atoms with E-state index in [4.69, 9.17) is 9.47 Å². The highest BCUT2D eigenvalue weighted by molar-refractivity contribution is 5.87. The number of carbonyl (C=O) groups excluding carboxylic acids is 1. The molecule has 0 heterocycles. The van der Waals surface area contributed by atoms with Crippen molar-refractivity contribution in [3.63, 3.8) is 0 Å². The van der Waals surface area contributed by atoms with E-state index in [1.54, 1.807) is 12.1 Å². The first-order chi connectivity index (χ1) is 11.8. The highest BCUT2D eigenvalue weighted by Crippen LogP contribution is 2.35. The summed E-state index contributed by atoms with van der Waals surface area (Å²) in [6.45, 7) is 0. The zero-order valence-electron chi connectivity index (χ0n) is 13.4. The van der Waals surface area contributed by atoms with Crippen molar-refractivity contribution in [3.05, 3.63) is 102 Å². The fourth-order valence-corrected chi connectivity index (χ4v) is 2.73. The van der Waals surface area contributed by atoms with Gasteiger partial charge in [-0.05, 0) is 23.3 Å². The van der Waals surface area contributed by atoms with Crippen LogP contribution < -0.4 is 4.74 Å². The van der Waals surface area contributed by atoms with Crippen LogP contribution in [0.15, 0.2) is 91.0 Å². The summed E-state index contributed by atoms with van der Waals surface area (Å²) in [6, 6.07) is 27.8. The first-order valence-electron chi connectivity index (χ1n) is 7.71. The molecule has 0 radical (unpaired) electrons. The Kier molecular flexibility index (Phi) is 4.73. The Labute approximate surface area is 141 Å². The van der Waals surface area contributed by atoms with Crippen molar-refractivity contribution in [1.29, 1.82) is 0 Å². The summed E-state index contributed by atoms with van der Waals surface area (Å²) >= 11 is 0. The Morgan fingerprint density at radius 1 is 0.708 bits per heavy atom. The van der Waals surface area contributed by atoms with Crippen LogP contribution in [0.5, 0.6) is 5.75 Å². The summed E-state index contributed by atoms with van der Waals surface area (Å²) < 4.78 is 11.4. The zero-order chi connectivity index (χ0) is 16.8. The van der Waals surface area contributed by atoms with Gasteiger partial charge in [0.1, 0.15) is 5.75 Å². The van der Waals surface area contributed by atoms with Crippen molar-refractivity contribution < 1.29 is 14.3 Å². The quantitative estimate of drug-likeness (QED) is 0.523. The van der Waals surface area contributed by atoms with E-state index in [9.17, 15) is 4.79 Å². The van der Waals surface area contributed by atoms with Crippen LogP contribution in [0.4, 0.5) is 0 Å². The molecule has 0 aromatic heterocycles. The summed E-state index contributed by atoms with van der Waals surface area (Å²) in [5, 5.41) is 0. The molecule has 3 aromatic carbocycles. The number of methoxy groups -OCH3 is 1.